The average Bonchev–Trinajstić information content (AvgIpc) is 2.77. The molecule has 3 rings (SSSR count). The molecule has 0 radical (unpaired) electrons. The van der Waals surface area contributed by atoms with Crippen LogP contribution >= 0.6 is 0 Å². The molecule has 1 aromatic heterocycles. The van der Waals surface area contributed by atoms with Crippen LogP contribution in [0.4, 0.5) is 4.39 Å². The van der Waals surface area contributed by atoms with Crippen LogP contribution in [0, 0.1) is 5.82 Å². The van der Waals surface area contributed by atoms with Gasteiger partial charge in [0.05, 0.1) is 18.0 Å². The molecule has 1 aromatic carbocycles. The number of hydrogen-bond acceptors (Lipinski definition) is 2. The topological polar surface area (TPSA) is 38.1 Å². The Kier molecular flexibility index (Phi) is 2.88. The highest BCUT2D eigenvalue weighted by Crippen LogP contribution is 2.29. The molecule has 1 N–H and O–H groups in total. The van der Waals surface area contributed by atoms with Gasteiger partial charge in [0.25, 0.3) is 0 Å². The van der Waals surface area contributed by atoms with Crippen molar-refractivity contribution in [2.45, 2.75) is 32.4 Å². The van der Waals surface area contributed by atoms with E-state index in [9.17, 15) is 9.50 Å². The van der Waals surface area contributed by atoms with E-state index in [1.807, 2.05) is 4.57 Å². The Balaban J connectivity index is 2.18. The summed E-state index contributed by atoms with van der Waals surface area (Å²) in [6.07, 6.45) is 3.10. The van der Waals surface area contributed by atoms with Crippen LogP contribution in [-0.4, -0.2) is 14.7 Å². The van der Waals surface area contributed by atoms with Gasteiger partial charge in [0, 0.05) is 18.5 Å². The summed E-state index contributed by atoms with van der Waals surface area (Å²) >= 11 is 0. The van der Waals surface area contributed by atoms with Crippen molar-refractivity contribution in [3.63, 3.8) is 0 Å². The van der Waals surface area contributed by atoms with Crippen molar-refractivity contribution < 1.29 is 9.50 Å². The van der Waals surface area contributed by atoms with Crippen LogP contribution in [0.2, 0.25) is 0 Å². The van der Waals surface area contributed by atoms with Gasteiger partial charge in [0.15, 0.2) is 0 Å². The molecule has 2 heterocycles. The van der Waals surface area contributed by atoms with Gasteiger partial charge in [0.2, 0.25) is 0 Å². The Morgan fingerprint density at radius 2 is 2.11 bits per heavy atom. The highest BCUT2D eigenvalue weighted by atomic mass is 19.1. The molecule has 1 aliphatic heterocycles. The van der Waals surface area contributed by atoms with Gasteiger partial charge in [-0.05, 0) is 25.0 Å². The van der Waals surface area contributed by atoms with E-state index in [0.717, 1.165) is 37.3 Å². The van der Waals surface area contributed by atoms with E-state index in [4.69, 9.17) is 0 Å². The molecule has 0 amide bonds. The van der Waals surface area contributed by atoms with Gasteiger partial charge in [0.1, 0.15) is 11.6 Å². The van der Waals surface area contributed by atoms with Gasteiger partial charge in [-0.25, -0.2) is 9.37 Å². The molecule has 0 unspecified atom stereocenters. The fourth-order valence-electron chi connectivity index (χ4n) is 2.57. The molecule has 18 heavy (non-hydrogen) atoms. The third-order valence-corrected chi connectivity index (χ3v) is 3.46. The largest absolute Gasteiger partial charge is 0.390 e. The van der Waals surface area contributed by atoms with Gasteiger partial charge in [-0.1, -0.05) is 12.1 Å². The minimum absolute atomic E-state index is 0.101. The summed E-state index contributed by atoms with van der Waals surface area (Å²) in [7, 11) is 0. The van der Waals surface area contributed by atoms with Crippen LogP contribution in [0.1, 0.15) is 24.4 Å². The first-order chi connectivity index (χ1) is 8.81. The van der Waals surface area contributed by atoms with Crippen molar-refractivity contribution in [2.75, 3.05) is 0 Å². The molecule has 0 fully saturated rings. The first-order valence-electron chi connectivity index (χ1n) is 6.25. The van der Waals surface area contributed by atoms with E-state index in [1.54, 1.807) is 18.2 Å². The van der Waals surface area contributed by atoms with E-state index in [2.05, 4.69) is 4.98 Å². The fourth-order valence-corrected chi connectivity index (χ4v) is 2.57. The summed E-state index contributed by atoms with van der Waals surface area (Å²) < 4.78 is 15.9. The van der Waals surface area contributed by atoms with Crippen LogP contribution in [-0.2, 0) is 19.6 Å². The summed E-state index contributed by atoms with van der Waals surface area (Å²) in [6.45, 7) is 0.767. The first kappa shape index (κ1) is 11.4. The summed E-state index contributed by atoms with van der Waals surface area (Å²) in [5.41, 5.74) is 1.80. The van der Waals surface area contributed by atoms with Gasteiger partial charge < -0.3 is 9.67 Å². The molecule has 3 nitrogen and oxygen atoms in total. The molecule has 0 bridgehead atoms. The van der Waals surface area contributed by atoms with Gasteiger partial charge in [-0.2, -0.15) is 0 Å². The van der Waals surface area contributed by atoms with Crippen LogP contribution < -0.4 is 0 Å². The van der Waals surface area contributed by atoms with E-state index < -0.39 is 0 Å². The second kappa shape index (κ2) is 4.53. The number of aromatic nitrogens is 2. The normalized spacial score (nSPS) is 14.6. The maximum Gasteiger partial charge on any atom is 0.132 e. The Labute approximate surface area is 105 Å². The number of benzene rings is 1. The van der Waals surface area contributed by atoms with Crippen molar-refractivity contribution in [3.8, 4) is 11.3 Å². The number of aliphatic hydroxyl groups is 1. The number of hydrogen-bond donors (Lipinski definition) is 1. The molecule has 1 aliphatic rings. The number of rotatable bonds is 2. The zero-order valence-electron chi connectivity index (χ0n) is 10.1. The quantitative estimate of drug-likeness (QED) is 0.884. The van der Waals surface area contributed by atoms with Gasteiger partial charge in [-0.3, -0.25) is 0 Å². The van der Waals surface area contributed by atoms with Crippen LogP contribution in [0.25, 0.3) is 11.3 Å². The number of halogens is 1. The molecule has 2 aromatic rings. The predicted octanol–water partition coefficient (Wildman–Crippen LogP) is 2.52. The number of aryl methyl sites for hydroxylation is 1. The van der Waals surface area contributed by atoms with Crippen molar-refractivity contribution in [1.82, 2.24) is 9.55 Å². The Morgan fingerprint density at radius 1 is 1.28 bits per heavy atom. The fraction of sp³-hybridized carbons (Fsp3) is 0.357. The third-order valence-electron chi connectivity index (χ3n) is 3.46. The van der Waals surface area contributed by atoms with E-state index in [1.165, 1.54) is 6.07 Å². The van der Waals surface area contributed by atoms with E-state index >= 15 is 0 Å². The molecule has 0 spiro atoms. The third kappa shape index (κ3) is 1.73. The summed E-state index contributed by atoms with van der Waals surface area (Å²) in [5.74, 6) is 0.672. The molecular weight excluding hydrogens is 231 g/mol. The predicted molar refractivity (Wildman–Crippen MR) is 66.5 cm³/mol. The molecule has 4 heteroatoms. The smallest absolute Gasteiger partial charge is 0.132 e. The lowest BCUT2D eigenvalue weighted by atomic mass is 10.1. The lowest BCUT2D eigenvalue weighted by Gasteiger charge is -2.15. The maximum absolute atomic E-state index is 13.8. The lowest BCUT2D eigenvalue weighted by molar-refractivity contribution is 0.268. The van der Waals surface area contributed by atoms with Crippen LogP contribution in [0.15, 0.2) is 24.3 Å². The number of fused-ring (bicyclic) bond motifs is 1. The summed E-state index contributed by atoms with van der Waals surface area (Å²) in [5, 5.41) is 9.53. The number of aliphatic hydroxyl groups excluding tert-OH is 1. The van der Waals surface area contributed by atoms with Crippen molar-refractivity contribution in [3.05, 3.63) is 41.6 Å². The SMILES string of the molecule is OCc1c(-c2ccccc2F)nc2n1CCCC2. The lowest BCUT2D eigenvalue weighted by Crippen LogP contribution is -2.13. The summed E-state index contributed by atoms with van der Waals surface area (Å²) in [6, 6.07) is 6.59. The second-order valence-corrected chi connectivity index (χ2v) is 4.57. The molecule has 0 saturated carbocycles. The number of nitrogens with zero attached hydrogens (tertiary/aromatic N) is 2. The highest BCUT2D eigenvalue weighted by molar-refractivity contribution is 5.63. The number of imidazole rings is 1. The zero-order valence-corrected chi connectivity index (χ0v) is 10.1. The van der Waals surface area contributed by atoms with Gasteiger partial charge in [-0.15, -0.1) is 0 Å². The Hall–Kier alpha value is -1.68. The van der Waals surface area contributed by atoms with Crippen LogP contribution in [0.3, 0.4) is 0 Å². The maximum atomic E-state index is 13.8. The molecular formula is C14H15FN2O. The van der Waals surface area contributed by atoms with Crippen molar-refractivity contribution in [2.24, 2.45) is 0 Å². The monoisotopic (exact) mass is 246 g/mol. The Bertz CT molecular complexity index is 577. The molecule has 0 saturated heterocycles. The van der Waals surface area contributed by atoms with E-state index in [0.29, 0.717) is 11.3 Å². The summed E-state index contributed by atoms with van der Waals surface area (Å²) in [4.78, 5) is 4.52. The van der Waals surface area contributed by atoms with Crippen LogP contribution in [0.5, 0.6) is 0 Å². The highest BCUT2D eigenvalue weighted by Gasteiger charge is 2.21. The second-order valence-electron chi connectivity index (χ2n) is 4.57. The minimum atomic E-state index is -0.289. The molecule has 0 aliphatic carbocycles. The standard InChI is InChI=1S/C14H15FN2O/c15-11-6-2-1-5-10(11)14-12(9-18)17-8-4-3-7-13(17)16-14/h1-2,5-6,18H,3-4,7-9H2. The minimum Gasteiger partial charge on any atom is -0.390 e. The zero-order chi connectivity index (χ0) is 12.5. The first-order valence-corrected chi connectivity index (χ1v) is 6.25. The van der Waals surface area contributed by atoms with Crippen molar-refractivity contribution >= 4 is 0 Å². The molecule has 94 valence electrons. The van der Waals surface area contributed by atoms with E-state index in [-0.39, 0.29) is 12.4 Å². The Morgan fingerprint density at radius 3 is 2.89 bits per heavy atom. The average molecular weight is 246 g/mol. The van der Waals surface area contributed by atoms with Gasteiger partial charge >= 0.3 is 0 Å². The van der Waals surface area contributed by atoms with Crippen molar-refractivity contribution in [1.29, 1.82) is 0 Å². The molecule has 0 atom stereocenters.